The van der Waals surface area contributed by atoms with Crippen molar-refractivity contribution in [3.05, 3.63) is 58.3 Å². The Morgan fingerprint density at radius 3 is 2.50 bits per heavy atom. The quantitative estimate of drug-likeness (QED) is 0.597. The molecule has 0 aliphatic heterocycles. The third-order valence-corrected chi connectivity index (χ3v) is 4.43. The number of nitrogens with zero attached hydrogens (tertiary/aromatic N) is 2. The van der Waals surface area contributed by atoms with E-state index in [1.54, 1.807) is 31.2 Å². The van der Waals surface area contributed by atoms with Gasteiger partial charge >= 0.3 is 5.69 Å². The van der Waals surface area contributed by atoms with E-state index in [1.807, 2.05) is 6.07 Å². The van der Waals surface area contributed by atoms with Crippen LogP contribution in [-0.2, 0) is 9.84 Å². The van der Waals surface area contributed by atoms with Crippen molar-refractivity contribution < 1.29 is 18.1 Å². The number of hydrogen-bond acceptors (Lipinski definition) is 6. The molecule has 22 heavy (non-hydrogen) atoms. The van der Waals surface area contributed by atoms with E-state index in [1.165, 1.54) is 6.07 Å². The highest BCUT2D eigenvalue weighted by atomic mass is 32.2. The Bertz CT molecular complexity index is 775. The molecule has 0 saturated carbocycles. The molecule has 0 spiro atoms. The smallest absolute Gasteiger partial charge is 0.306 e. The van der Waals surface area contributed by atoms with Gasteiger partial charge in [-0.05, 0) is 25.1 Å². The molecular weight excluding hydrogens is 308 g/mol. The molecule has 2 rings (SSSR count). The normalized spacial score (nSPS) is 11.1. The highest BCUT2D eigenvalue weighted by Crippen LogP contribution is 2.23. The van der Waals surface area contributed by atoms with Crippen molar-refractivity contribution in [2.75, 3.05) is 12.4 Å². The molecule has 0 unspecified atom stereocenters. The second-order valence-corrected chi connectivity index (χ2v) is 6.54. The van der Waals surface area contributed by atoms with Crippen molar-refractivity contribution in [2.45, 2.75) is 11.9 Å². The largest absolute Gasteiger partial charge is 0.493 e. The lowest BCUT2D eigenvalue weighted by molar-refractivity contribution is -0.388. The zero-order valence-electron chi connectivity index (χ0n) is 11.8. The lowest BCUT2D eigenvalue weighted by atomic mass is 10.3. The monoisotopic (exact) mass is 322 g/mol. The maximum absolute atomic E-state index is 12.3. The third kappa shape index (κ3) is 3.79. The number of hydrogen-bond donors (Lipinski definition) is 0. The van der Waals surface area contributed by atoms with Crippen LogP contribution in [0.25, 0.3) is 0 Å². The summed E-state index contributed by atoms with van der Waals surface area (Å²) in [6.45, 7) is 1.46. The minimum Gasteiger partial charge on any atom is -0.493 e. The van der Waals surface area contributed by atoms with Crippen LogP contribution in [0.3, 0.4) is 0 Å². The Kier molecular flexibility index (Phi) is 4.71. The molecule has 0 aliphatic carbocycles. The molecule has 0 atom stereocenters. The maximum Gasteiger partial charge on any atom is 0.306 e. The zero-order chi connectivity index (χ0) is 16.2. The molecule has 0 fully saturated rings. The zero-order valence-corrected chi connectivity index (χ0v) is 12.6. The number of sulfone groups is 1. The van der Waals surface area contributed by atoms with Crippen molar-refractivity contribution in [1.82, 2.24) is 4.98 Å². The Balaban J connectivity index is 2.17. The number of ether oxygens (including phenoxy) is 1. The molecule has 2 aromatic rings. The summed E-state index contributed by atoms with van der Waals surface area (Å²) in [5.74, 6) is 0.142. The molecular formula is C14H14N2O5S. The highest BCUT2D eigenvalue weighted by molar-refractivity contribution is 7.91. The molecule has 1 aromatic carbocycles. The summed E-state index contributed by atoms with van der Waals surface area (Å²) in [7, 11) is -3.91. The van der Waals surface area contributed by atoms with E-state index in [0.29, 0.717) is 11.4 Å². The second-order valence-electron chi connectivity index (χ2n) is 4.51. The van der Waals surface area contributed by atoms with Gasteiger partial charge in [0.25, 0.3) is 0 Å². The average Bonchev–Trinajstić information content (AvgIpc) is 2.47. The fraction of sp³-hybridized carbons (Fsp3) is 0.214. The molecule has 0 radical (unpaired) electrons. The van der Waals surface area contributed by atoms with Gasteiger partial charge in [0.15, 0.2) is 0 Å². The van der Waals surface area contributed by atoms with E-state index < -0.39 is 25.5 Å². The second kappa shape index (κ2) is 6.52. The molecule has 0 amide bonds. The molecule has 116 valence electrons. The first-order chi connectivity index (χ1) is 10.4. The van der Waals surface area contributed by atoms with Crippen LogP contribution in [0, 0.1) is 17.0 Å². The van der Waals surface area contributed by atoms with E-state index in [-0.39, 0.29) is 12.4 Å². The van der Waals surface area contributed by atoms with E-state index in [4.69, 9.17) is 4.74 Å². The predicted molar refractivity (Wildman–Crippen MR) is 79.6 cm³/mol. The van der Waals surface area contributed by atoms with Gasteiger partial charge in [-0.25, -0.2) is 13.4 Å². The SMILES string of the molecule is Cc1ccc([N+](=O)[O-])c(S(=O)(=O)CCOc2ccccc2)n1. The number of nitro groups is 1. The summed E-state index contributed by atoms with van der Waals surface area (Å²) >= 11 is 0. The number of aryl methyl sites for hydroxylation is 1. The lowest BCUT2D eigenvalue weighted by Crippen LogP contribution is -2.17. The average molecular weight is 322 g/mol. The molecule has 0 saturated heterocycles. The fourth-order valence-corrected chi connectivity index (χ4v) is 3.02. The topological polar surface area (TPSA) is 99.4 Å². The van der Waals surface area contributed by atoms with Crippen LogP contribution in [0.5, 0.6) is 5.75 Å². The van der Waals surface area contributed by atoms with Gasteiger partial charge < -0.3 is 4.74 Å². The van der Waals surface area contributed by atoms with Gasteiger partial charge in [-0.1, -0.05) is 18.2 Å². The standard InChI is InChI=1S/C14H14N2O5S/c1-11-7-8-13(16(17)18)14(15-11)22(19,20)10-9-21-12-5-3-2-4-6-12/h2-8H,9-10H2,1H3. The van der Waals surface area contributed by atoms with Crippen molar-refractivity contribution in [1.29, 1.82) is 0 Å². The summed E-state index contributed by atoms with van der Waals surface area (Å²) in [6, 6.07) is 11.3. The van der Waals surface area contributed by atoms with Gasteiger partial charge in [-0.3, -0.25) is 10.1 Å². The molecule has 8 heteroatoms. The van der Waals surface area contributed by atoms with E-state index in [0.717, 1.165) is 6.07 Å². The van der Waals surface area contributed by atoms with Crippen LogP contribution in [0.2, 0.25) is 0 Å². The van der Waals surface area contributed by atoms with Crippen LogP contribution >= 0.6 is 0 Å². The third-order valence-electron chi connectivity index (χ3n) is 2.83. The Labute approximate surface area is 127 Å². The van der Waals surface area contributed by atoms with Gasteiger partial charge in [0, 0.05) is 11.8 Å². The fourth-order valence-electron chi connectivity index (χ4n) is 1.78. The Morgan fingerprint density at radius 2 is 1.86 bits per heavy atom. The van der Waals surface area contributed by atoms with Gasteiger partial charge in [-0.15, -0.1) is 0 Å². The number of aromatic nitrogens is 1. The molecule has 1 heterocycles. The summed E-state index contributed by atoms with van der Waals surface area (Å²) in [6.07, 6.45) is 0. The molecule has 0 aliphatic rings. The van der Waals surface area contributed by atoms with E-state index in [2.05, 4.69) is 4.98 Å². The minimum atomic E-state index is -3.91. The number of benzene rings is 1. The summed E-state index contributed by atoms with van der Waals surface area (Å²) in [5.41, 5.74) is -0.126. The van der Waals surface area contributed by atoms with E-state index in [9.17, 15) is 18.5 Å². The van der Waals surface area contributed by atoms with Crippen molar-refractivity contribution in [3.63, 3.8) is 0 Å². The van der Waals surface area contributed by atoms with Gasteiger partial charge in [-0.2, -0.15) is 0 Å². The first-order valence-electron chi connectivity index (χ1n) is 6.43. The van der Waals surface area contributed by atoms with Gasteiger partial charge in [0.1, 0.15) is 12.4 Å². The van der Waals surface area contributed by atoms with E-state index >= 15 is 0 Å². The Hall–Kier alpha value is -2.48. The molecule has 7 nitrogen and oxygen atoms in total. The number of pyridine rings is 1. The van der Waals surface area contributed by atoms with Crippen molar-refractivity contribution in [3.8, 4) is 5.75 Å². The summed E-state index contributed by atoms with van der Waals surface area (Å²) in [4.78, 5) is 14.0. The van der Waals surface area contributed by atoms with Crippen LogP contribution in [-0.4, -0.2) is 30.7 Å². The summed E-state index contributed by atoms with van der Waals surface area (Å²) in [5, 5.41) is 10.4. The predicted octanol–water partition coefficient (Wildman–Crippen LogP) is 2.15. The van der Waals surface area contributed by atoms with Crippen LogP contribution < -0.4 is 4.74 Å². The maximum atomic E-state index is 12.3. The number of rotatable bonds is 6. The molecule has 0 N–H and O–H groups in total. The van der Waals surface area contributed by atoms with Crippen LogP contribution in [0.1, 0.15) is 5.69 Å². The van der Waals surface area contributed by atoms with Gasteiger partial charge in [0.2, 0.25) is 14.9 Å². The summed E-state index contributed by atoms with van der Waals surface area (Å²) < 4.78 is 29.8. The first-order valence-corrected chi connectivity index (χ1v) is 8.08. The first kappa shape index (κ1) is 15.9. The lowest BCUT2D eigenvalue weighted by Gasteiger charge is -2.07. The van der Waals surface area contributed by atoms with Crippen molar-refractivity contribution in [2.24, 2.45) is 0 Å². The number of para-hydroxylation sites is 1. The van der Waals surface area contributed by atoms with Gasteiger partial charge in [0.05, 0.1) is 10.7 Å². The molecule has 0 bridgehead atoms. The highest BCUT2D eigenvalue weighted by Gasteiger charge is 2.27. The minimum absolute atomic E-state index is 0.112. The van der Waals surface area contributed by atoms with Crippen molar-refractivity contribution >= 4 is 15.5 Å². The molecule has 1 aromatic heterocycles. The van der Waals surface area contributed by atoms with Crippen LogP contribution in [0.15, 0.2) is 47.5 Å². The van der Waals surface area contributed by atoms with Crippen LogP contribution in [0.4, 0.5) is 5.69 Å². The Morgan fingerprint density at radius 1 is 1.18 bits per heavy atom.